The Hall–Kier alpha value is -7.87. The maximum absolute atomic E-state index is 13.6. The van der Waals surface area contributed by atoms with Crippen molar-refractivity contribution in [3.05, 3.63) is 118 Å². The van der Waals surface area contributed by atoms with Crippen LogP contribution in [0.1, 0.15) is 89.6 Å². The summed E-state index contributed by atoms with van der Waals surface area (Å²) in [6.07, 6.45) is 9.19. The lowest BCUT2D eigenvalue weighted by Crippen LogP contribution is -2.14. The van der Waals surface area contributed by atoms with Crippen LogP contribution in [0, 0.1) is 31.6 Å². The number of terminal acetylenes is 2. The van der Waals surface area contributed by atoms with Gasteiger partial charge in [0, 0.05) is 37.2 Å². The summed E-state index contributed by atoms with van der Waals surface area (Å²) in [4.78, 5) is 55.8. The quantitative estimate of drug-likeness (QED) is 0.0810. The molecule has 61 heavy (non-hydrogen) atoms. The average Bonchev–Trinajstić information content (AvgIpc) is 3.96. The van der Waals surface area contributed by atoms with Gasteiger partial charge < -0.3 is 20.4 Å². The van der Waals surface area contributed by atoms with Crippen molar-refractivity contribution in [3.8, 4) is 58.8 Å². The highest BCUT2D eigenvalue weighted by molar-refractivity contribution is 5.98. The first-order chi connectivity index (χ1) is 29.1. The molecule has 0 atom stereocenters. The zero-order chi connectivity index (χ0) is 44.4. The zero-order valence-electron chi connectivity index (χ0n) is 32.0. The van der Waals surface area contributed by atoms with Crippen LogP contribution in [0.25, 0.3) is 34.2 Å². The molecule has 0 radical (unpaired) electrons. The third kappa shape index (κ3) is 10.8. The Morgan fingerprint density at radius 1 is 0.656 bits per heavy atom. The number of aliphatic hydroxyl groups excluding tert-OH is 2. The summed E-state index contributed by atoms with van der Waals surface area (Å²) in [5.74, 6) is 1.46. The molecular formula is C42H33F3N8O8. The molecular weight excluding hydrogens is 802 g/mol. The second-order valence-electron chi connectivity index (χ2n) is 13.0. The number of alkyl halides is 3. The number of nitrogens with zero attached hydrogens (tertiary/aromatic N) is 8. The first-order valence-corrected chi connectivity index (χ1v) is 18.0. The van der Waals surface area contributed by atoms with E-state index in [2.05, 4.69) is 42.4 Å². The number of ketones is 2. The van der Waals surface area contributed by atoms with E-state index in [4.69, 9.17) is 18.0 Å². The van der Waals surface area contributed by atoms with Gasteiger partial charge in [0.15, 0.2) is 11.6 Å². The molecule has 0 saturated heterocycles. The number of hydrogen-bond donors (Lipinski definition) is 4. The minimum absolute atomic E-state index is 0.0131. The van der Waals surface area contributed by atoms with Gasteiger partial charge in [-0.05, 0) is 86.0 Å². The van der Waals surface area contributed by atoms with E-state index in [1.54, 1.807) is 19.1 Å². The highest BCUT2D eigenvalue weighted by atomic mass is 19.4. The molecule has 4 N–H and O–H groups in total. The highest BCUT2D eigenvalue weighted by Crippen LogP contribution is 2.34. The van der Waals surface area contributed by atoms with Crippen LogP contribution in [0.4, 0.5) is 13.2 Å². The minimum atomic E-state index is -4.94. The summed E-state index contributed by atoms with van der Waals surface area (Å²) < 4.78 is 43.1. The lowest BCUT2D eigenvalue weighted by atomic mass is 10.0. The molecule has 16 nitrogen and oxygen atoms in total. The predicted octanol–water partition coefficient (Wildman–Crippen LogP) is 5.26. The second kappa shape index (κ2) is 19.3. The number of halogens is 3. The number of pyridine rings is 2. The van der Waals surface area contributed by atoms with Crippen molar-refractivity contribution >= 4 is 23.5 Å². The van der Waals surface area contributed by atoms with E-state index in [-0.39, 0.29) is 83.6 Å². The number of aliphatic hydroxyl groups is 2. The zero-order valence-corrected chi connectivity index (χ0v) is 32.0. The Morgan fingerprint density at radius 3 is 1.54 bits per heavy atom. The Labute approximate surface area is 344 Å². The van der Waals surface area contributed by atoms with Gasteiger partial charge in [-0.3, -0.25) is 9.59 Å². The average molecular weight is 835 g/mol. The van der Waals surface area contributed by atoms with Gasteiger partial charge in [0.1, 0.15) is 22.8 Å². The van der Waals surface area contributed by atoms with Gasteiger partial charge in [0.2, 0.25) is 0 Å². The number of aryl methyl sites for hydroxylation is 1. The number of aromatic carboxylic acids is 2. The molecule has 0 spiro atoms. The van der Waals surface area contributed by atoms with Crippen LogP contribution in [0.5, 0.6) is 0 Å². The van der Waals surface area contributed by atoms with Gasteiger partial charge in [-0.1, -0.05) is 22.3 Å². The van der Waals surface area contributed by atoms with Crippen LogP contribution >= 0.6 is 0 Å². The number of aromatic nitrogens is 8. The number of carboxylic acids is 2. The van der Waals surface area contributed by atoms with Crippen molar-refractivity contribution in [2.24, 2.45) is 0 Å². The van der Waals surface area contributed by atoms with E-state index in [0.717, 1.165) is 16.8 Å². The van der Waals surface area contributed by atoms with E-state index in [9.17, 15) is 47.7 Å². The van der Waals surface area contributed by atoms with Crippen molar-refractivity contribution < 1.29 is 52.8 Å². The number of carboxylic acid groups (broad SMARTS) is 2. The molecule has 0 aliphatic carbocycles. The summed E-state index contributed by atoms with van der Waals surface area (Å²) in [6, 6.07) is 13.1. The number of carbonyl (C=O) groups is 4. The molecule has 0 aliphatic heterocycles. The van der Waals surface area contributed by atoms with Gasteiger partial charge >= 0.3 is 18.1 Å². The first kappa shape index (κ1) is 44.2. The fourth-order valence-electron chi connectivity index (χ4n) is 5.70. The topological polar surface area (TPSA) is 236 Å². The summed E-state index contributed by atoms with van der Waals surface area (Å²) in [7, 11) is 0. The molecule has 310 valence electrons. The molecule has 0 unspecified atom stereocenters. The van der Waals surface area contributed by atoms with Crippen molar-refractivity contribution in [1.29, 1.82) is 0 Å². The molecule has 19 heteroatoms. The minimum Gasteiger partial charge on any atom is -0.478 e. The predicted molar refractivity (Wildman–Crippen MR) is 210 cm³/mol. The molecule has 4 heterocycles. The normalized spacial score (nSPS) is 10.9. The summed E-state index contributed by atoms with van der Waals surface area (Å²) in [6.45, 7) is 1.42. The van der Waals surface area contributed by atoms with Crippen LogP contribution in [-0.2, 0) is 6.18 Å². The molecule has 0 bridgehead atoms. The monoisotopic (exact) mass is 834 g/mol. The van der Waals surface area contributed by atoms with Crippen molar-refractivity contribution in [3.63, 3.8) is 0 Å². The van der Waals surface area contributed by atoms with Crippen molar-refractivity contribution in [2.75, 3.05) is 13.2 Å². The molecule has 0 aliphatic rings. The fraction of sp³-hybridized carbons (Fsp3) is 0.190. The summed E-state index contributed by atoms with van der Waals surface area (Å²) in [5.41, 5.74) is 0.716. The Balaban J connectivity index is 0.000000370. The largest absolute Gasteiger partial charge is 0.478 e. The van der Waals surface area contributed by atoms with Crippen LogP contribution in [0.15, 0.2) is 73.1 Å². The number of rotatable bonds is 14. The van der Waals surface area contributed by atoms with E-state index in [1.807, 2.05) is 0 Å². The standard InChI is InChI=1S/C29H22F3N7O6.C13H11NO2/c1-15-9-17(4-6-19(15)27(42)43)38-13-24(34-36-38)22-10-16(26(41)3-2-8-40)11-23(33-22)25-14-39(37-35-25)18-5-7-20(28(44)45)21(12-18)29(30,31)32;1-3-11-8-10(9-12(4-2)14-11)13(16)6-5-7-15/h4-7,9-14,40H,2-3,8H2,1H3,(H,42,43)(H,44,45);1-2,8-9,15H,5-7H2. The highest BCUT2D eigenvalue weighted by Gasteiger charge is 2.36. The van der Waals surface area contributed by atoms with Gasteiger partial charge in [-0.15, -0.1) is 23.0 Å². The Kier molecular flexibility index (Phi) is 14.0. The molecule has 6 aromatic rings. The lowest BCUT2D eigenvalue weighted by Gasteiger charge is -2.11. The van der Waals surface area contributed by atoms with Gasteiger partial charge in [-0.25, -0.2) is 28.9 Å². The maximum Gasteiger partial charge on any atom is 0.417 e. The Bertz CT molecular complexity index is 2700. The van der Waals surface area contributed by atoms with E-state index < -0.39 is 29.2 Å². The third-order valence-corrected chi connectivity index (χ3v) is 8.73. The molecule has 0 amide bonds. The van der Waals surface area contributed by atoms with E-state index in [0.29, 0.717) is 40.7 Å². The smallest absolute Gasteiger partial charge is 0.417 e. The first-order valence-electron chi connectivity index (χ1n) is 18.0. The molecule has 6 rings (SSSR count). The summed E-state index contributed by atoms with van der Waals surface area (Å²) >= 11 is 0. The number of hydrogen-bond acceptors (Lipinski definition) is 12. The van der Waals surface area contributed by atoms with E-state index >= 15 is 0 Å². The number of Topliss-reactive ketones (excluding diaryl/α,β-unsaturated/α-hetero) is 2. The van der Waals surface area contributed by atoms with Crippen molar-refractivity contribution in [2.45, 2.75) is 38.8 Å². The van der Waals surface area contributed by atoms with Gasteiger partial charge in [0.05, 0.1) is 51.8 Å². The maximum atomic E-state index is 13.6. The molecule has 0 saturated carbocycles. The SMILES string of the molecule is C#Cc1cc(C(=O)CCCO)cc(C#C)n1.Cc1cc(-n2cc(-c3cc(C(=O)CCCO)cc(-c4cn(-c5ccc(C(=O)O)c(C(F)(F)F)c5)nn4)n3)nn2)ccc1C(=O)O. The van der Waals surface area contributed by atoms with Crippen LogP contribution < -0.4 is 0 Å². The van der Waals surface area contributed by atoms with Crippen LogP contribution in [0.2, 0.25) is 0 Å². The Morgan fingerprint density at radius 2 is 1.11 bits per heavy atom. The molecule has 4 aromatic heterocycles. The molecule has 2 aromatic carbocycles. The van der Waals surface area contributed by atoms with Gasteiger partial charge in [0.25, 0.3) is 0 Å². The lowest BCUT2D eigenvalue weighted by molar-refractivity contribution is -0.138. The van der Waals surface area contributed by atoms with E-state index in [1.165, 1.54) is 47.4 Å². The van der Waals surface area contributed by atoms with Crippen LogP contribution in [-0.4, -0.2) is 97.1 Å². The van der Waals surface area contributed by atoms with Gasteiger partial charge in [-0.2, -0.15) is 13.2 Å². The fourth-order valence-corrected chi connectivity index (χ4v) is 5.70. The summed E-state index contributed by atoms with van der Waals surface area (Å²) in [5, 5.41) is 52.4. The third-order valence-electron chi connectivity index (χ3n) is 8.73. The van der Waals surface area contributed by atoms with Crippen LogP contribution in [0.3, 0.4) is 0 Å². The molecule has 0 fully saturated rings. The number of carbonyl (C=O) groups excluding carboxylic acids is 2. The van der Waals surface area contributed by atoms with Crippen molar-refractivity contribution in [1.82, 2.24) is 40.0 Å². The second-order valence-corrected chi connectivity index (χ2v) is 13.0. The number of benzene rings is 2.